The van der Waals surface area contributed by atoms with E-state index in [0.29, 0.717) is 63.9 Å². The molecule has 9 fully saturated rings. The van der Waals surface area contributed by atoms with Crippen molar-refractivity contribution in [2.24, 2.45) is 23.7 Å². The first-order valence-corrected chi connectivity index (χ1v) is 27.5. The second-order valence-corrected chi connectivity index (χ2v) is 23.3. The summed E-state index contributed by atoms with van der Waals surface area (Å²) >= 11 is 0. The number of pyridine rings is 2. The number of benzene rings is 1. The van der Waals surface area contributed by atoms with Gasteiger partial charge in [0.25, 0.3) is 0 Å². The van der Waals surface area contributed by atoms with Gasteiger partial charge in [0, 0.05) is 99.1 Å². The number of aromatic nitrogens is 4. The van der Waals surface area contributed by atoms with Crippen molar-refractivity contribution in [3.63, 3.8) is 0 Å². The summed E-state index contributed by atoms with van der Waals surface area (Å²) in [5.74, 6) is 1.71. The van der Waals surface area contributed by atoms with Crippen LogP contribution in [-0.4, -0.2) is 134 Å². The normalized spacial score (nSPS) is 28.6. The van der Waals surface area contributed by atoms with Gasteiger partial charge in [-0.2, -0.15) is 0 Å². The highest BCUT2D eigenvalue weighted by Gasteiger charge is 2.58. The lowest BCUT2D eigenvalue weighted by Gasteiger charge is -2.54. The number of hydrogen-bond donors (Lipinski definition) is 2. The van der Waals surface area contributed by atoms with Gasteiger partial charge in [0.1, 0.15) is 11.3 Å². The van der Waals surface area contributed by atoms with Crippen LogP contribution in [0.3, 0.4) is 0 Å². The van der Waals surface area contributed by atoms with Gasteiger partial charge in [-0.15, -0.1) is 0 Å². The number of carbonyl (C=O) groups excluding carboxylic acids is 5. The number of fused-ring (bicyclic) bond motifs is 5. The smallest absolute Gasteiger partial charge is 0.238 e. The van der Waals surface area contributed by atoms with E-state index in [2.05, 4.69) is 77.9 Å². The van der Waals surface area contributed by atoms with Gasteiger partial charge in [-0.25, -0.2) is 15.0 Å². The minimum absolute atomic E-state index is 0.0525. The molecule has 10 aliphatic rings. The summed E-state index contributed by atoms with van der Waals surface area (Å²) in [4.78, 5) is 93.8. The summed E-state index contributed by atoms with van der Waals surface area (Å²) in [6, 6.07) is 13.9. The molecule has 3 aromatic heterocycles. The minimum Gasteiger partial charge on any atom is -0.366 e. The number of rotatable bonds is 10. The summed E-state index contributed by atoms with van der Waals surface area (Å²) in [5.41, 5.74) is 6.07. The van der Waals surface area contributed by atoms with Gasteiger partial charge in [0.2, 0.25) is 29.5 Å². The summed E-state index contributed by atoms with van der Waals surface area (Å²) in [7, 11) is 0. The number of nitrogens with zero attached hydrogens (tertiary/aromatic N) is 9. The molecule has 4 atom stereocenters. The summed E-state index contributed by atoms with van der Waals surface area (Å²) < 4.78 is 2.20. The van der Waals surface area contributed by atoms with Crippen molar-refractivity contribution in [1.82, 2.24) is 39.5 Å². The molecular weight excluding hydrogens is 907 g/mol. The number of amides is 5. The van der Waals surface area contributed by atoms with Crippen molar-refractivity contribution < 1.29 is 24.0 Å². The van der Waals surface area contributed by atoms with Gasteiger partial charge in [-0.05, 0) is 145 Å². The highest BCUT2D eigenvalue weighted by molar-refractivity contribution is 6.09. The SMILES string of the molecule is CC(C)n1cnc2cc(-c3ccc4c(c3)N(C3CC(N5CCCCC5)C3)C(=O)C43CCN(C(=O)C4[C@@H]5C[C@H]4CN(C(=O)C4CCN(c6ccc(C7CCC(=O)NC7=O)cn6)CC4)C5)CC3)nc(NC3CC3)c21. The van der Waals surface area contributed by atoms with Crippen molar-refractivity contribution in [3.8, 4) is 11.3 Å². The standard InChI is InChI=1S/C56H69N11O5/c1-33(2)66-32-58-45-28-44(60-51(50(45)66)59-39-8-9-39)35-6-11-43-46(25-35)67(41-26-40(27-41)62-18-4-3-5-19-62)55(72)56(43)16-22-64(23-17-56)54(71)49-37-24-38(49)31-65(30-37)53(70)34-14-20-63(21-15-34)47-12-7-36(29-57-47)42-10-13-48(68)61-52(42)69/h6-7,11-12,25,28-29,32-34,37-42,49H,3-5,8-10,13-24,26-27,30-31H2,1-2H3,(H,59,60)(H,61,68,69)/t37-,38+,40?,41?,42?,49?. The lowest BCUT2D eigenvalue weighted by atomic mass is 9.60. The number of hydrogen-bond acceptors (Lipinski definition) is 11. The lowest BCUT2D eigenvalue weighted by molar-refractivity contribution is -0.162. The Labute approximate surface area is 421 Å². The van der Waals surface area contributed by atoms with E-state index in [1.807, 2.05) is 23.4 Å². The molecule has 16 heteroatoms. The highest BCUT2D eigenvalue weighted by atomic mass is 16.2. The molecule has 3 aliphatic carbocycles. The number of nitrogens with one attached hydrogen (secondary N) is 2. The Bertz CT molecular complexity index is 2800. The molecular formula is C56H69N11O5. The van der Waals surface area contributed by atoms with Gasteiger partial charge in [0.15, 0.2) is 5.82 Å². The second-order valence-electron chi connectivity index (χ2n) is 23.3. The van der Waals surface area contributed by atoms with E-state index in [9.17, 15) is 19.2 Å². The first-order chi connectivity index (χ1) is 35.0. The van der Waals surface area contributed by atoms with Crippen LogP contribution in [0.25, 0.3) is 22.3 Å². The summed E-state index contributed by atoms with van der Waals surface area (Å²) in [6.45, 7) is 10.5. The third kappa shape index (κ3) is 7.87. The van der Waals surface area contributed by atoms with E-state index in [1.54, 1.807) is 6.20 Å². The lowest BCUT2D eigenvalue weighted by Crippen LogP contribution is -2.63. The second kappa shape index (κ2) is 17.9. The molecule has 2 bridgehead atoms. The number of carbonyl (C=O) groups is 5. The van der Waals surface area contributed by atoms with Gasteiger partial charge in [-0.3, -0.25) is 29.3 Å². The van der Waals surface area contributed by atoms with E-state index < -0.39 is 5.41 Å². The van der Waals surface area contributed by atoms with Crippen molar-refractivity contribution in [3.05, 3.63) is 60.0 Å². The molecule has 378 valence electrons. The van der Waals surface area contributed by atoms with Crippen LogP contribution in [-0.2, 0) is 29.4 Å². The quantitative estimate of drug-likeness (QED) is 0.169. The fourth-order valence-corrected chi connectivity index (χ4v) is 14.3. The van der Waals surface area contributed by atoms with Crippen LogP contribution in [0.1, 0.15) is 127 Å². The Morgan fingerprint density at radius 2 is 1.56 bits per heavy atom. The van der Waals surface area contributed by atoms with Gasteiger partial charge >= 0.3 is 0 Å². The van der Waals surface area contributed by atoms with E-state index >= 15 is 4.79 Å². The van der Waals surface area contributed by atoms with Crippen LogP contribution in [0.4, 0.5) is 17.3 Å². The molecule has 2 unspecified atom stereocenters. The molecule has 72 heavy (non-hydrogen) atoms. The zero-order valence-electron chi connectivity index (χ0n) is 41.9. The van der Waals surface area contributed by atoms with Crippen LogP contribution in [0.15, 0.2) is 48.9 Å². The molecule has 10 heterocycles. The zero-order chi connectivity index (χ0) is 49.0. The number of likely N-dealkylation sites (tertiary alicyclic amines) is 2. The molecule has 0 radical (unpaired) electrons. The molecule has 1 spiro atoms. The van der Waals surface area contributed by atoms with Crippen LogP contribution >= 0.6 is 0 Å². The third-order valence-electron chi connectivity index (χ3n) is 18.7. The predicted molar refractivity (Wildman–Crippen MR) is 273 cm³/mol. The average molecular weight is 976 g/mol. The van der Waals surface area contributed by atoms with Gasteiger partial charge in [0.05, 0.1) is 28.9 Å². The van der Waals surface area contributed by atoms with E-state index in [-0.39, 0.29) is 71.2 Å². The number of anilines is 3. The maximum Gasteiger partial charge on any atom is 0.238 e. The van der Waals surface area contributed by atoms with Crippen LogP contribution in [0.5, 0.6) is 0 Å². The highest BCUT2D eigenvalue weighted by Crippen LogP contribution is 2.54. The zero-order valence-corrected chi connectivity index (χ0v) is 41.9. The monoisotopic (exact) mass is 976 g/mol. The predicted octanol–water partition coefficient (Wildman–Crippen LogP) is 6.40. The first-order valence-electron chi connectivity index (χ1n) is 27.5. The Hall–Kier alpha value is -5.90. The fourth-order valence-electron chi connectivity index (χ4n) is 14.3. The molecule has 6 saturated heterocycles. The van der Waals surface area contributed by atoms with Crippen molar-refractivity contribution in [2.75, 3.05) is 67.5 Å². The van der Waals surface area contributed by atoms with Gasteiger partial charge in [-0.1, -0.05) is 24.6 Å². The molecule has 3 saturated carbocycles. The fraction of sp³-hybridized carbons (Fsp3) is 0.607. The Morgan fingerprint density at radius 3 is 2.25 bits per heavy atom. The summed E-state index contributed by atoms with van der Waals surface area (Å²) in [6.07, 6.45) is 16.3. The number of imide groups is 1. The van der Waals surface area contributed by atoms with Crippen molar-refractivity contribution in [1.29, 1.82) is 0 Å². The number of piperidine rings is 6. The Kier molecular flexibility index (Phi) is 11.4. The van der Waals surface area contributed by atoms with E-state index in [1.165, 1.54) is 19.3 Å². The molecule has 16 nitrogen and oxygen atoms in total. The molecule has 2 N–H and O–H groups in total. The summed E-state index contributed by atoms with van der Waals surface area (Å²) in [5, 5.41) is 6.14. The molecule has 4 aromatic rings. The largest absolute Gasteiger partial charge is 0.366 e. The van der Waals surface area contributed by atoms with Crippen LogP contribution in [0, 0.1) is 23.7 Å². The topological polar surface area (TPSA) is 169 Å². The van der Waals surface area contributed by atoms with Gasteiger partial charge < -0.3 is 34.4 Å². The van der Waals surface area contributed by atoms with Crippen LogP contribution in [0.2, 0.25) is 0 Å². The maximum atomic E-state index is 15.3. The molecule has 14 rings (SSSR count). The van der Waals surface area contributed by atoms with E-state index in [4.69, 9.17) is 9.97 Å². The van der Waals surface area contributed by atoms with Crippen molar-refractivity contribution in [2.45, 2.75) is 139 Å². The van der Waals surface area contributed by atoms with Crippen molar-refractivity contribution >= 4 is 57.9 Å². The number of imidazole rings is 1. The average Bonchev–Trinajstić information content (AvgIpc) is 4.05. The Balaban J connectivity index is 0.671. The van der Waals surface area contributed by atoms with Crippen LogP contribution < -0.4 is 20.4 Å². The first kappa shape index (κ1) is 45.9. The molecule has 7 aliphatic heterocycles. The maximum absolute atomic E-state index is 15.3. The Morgan fingerprint density at radius 1 is 0.792 bits per heavy atom. The molecule has 5 amide bonds. The minimum atomic E-state index is -0.670. The third-order valence-corrected chi connectivity index (χ3v) is 18.7. The van der Waals surface area contributed by atoms with E-state index in [0.717, 1.165) is 122 Å². The molecule has 1 aromatic carbocycles.